The summed E-state index contributed by atoms with van der Waals surface area (Å²) in [5, 5.41) is 2.99. The molecular formula is C17H26N2O2. The van der Waals surface area contributed by atoms with Crippen LogP contribution in [0.2, 0.25) is 0 Å². The first kappa shape index (κ1) is 16.0. The van der Waals surface area contributed by atoms with Gasteiger partial charge in [0.2, 0.25) is 5.91 Å². The van der Waals surface area contributed by atoms with Crippen LogP contribution in [0.4, 0.5) is 0 Å². The van der Waals surface area contributed by atoms with E-state index < -0.39 is 6.04 Å². The third-order valence-corrected chi connectivity index (χ3v) is 4.36. The molecule has 1 aliphatic rings. The molecule has 0 aliphatic carbocycles. The molecule has 0 radical (unpaired) electrons. The number of ether oxygens (including phenoxy) is 1. The fourth-order valence-corrected chi connectivity index (χ4v) is 3.07. The minimum Gasteiger partial charge on any atom is -0.381 e. The van der Waals surface area contributed by atoms with E-state index >= 15 is 0 Å². The highest BCUT2D eigenvalue weighted by atomic mass is 16.5. The van der Waals surface area contributed by atoms with Gasteiger partial charge in [0, 0.05) is 19.8 Å². The van der Waals surface area contributed by atoms with Crippen molar-refractivity contribution in [3.63, 3.8) is 0 Å². The molecular weight excluding hydrogens is 264 g/mol. The second-order valence-electron chi connectivity index (χ2n) is 6.07. The van der Waals surface area contributed by atoms with Gasteiger partial charge in [0.1, 0.15) is 0 Å². The van der Waals surface area contributed by atoms with Crippen LogP contribution in [-0.2, 0) is 16.1 Å². The Morgan fingerprint density at radius 3 is 2.43 bits per heavy atom. The average molecular weight is 290 g/mol. The summed E-state index contributed by atoms with van der Waals surface area (Å²) in [6.45, 7) is 8.22. The van der Waals surface area contributed by atoms with Crippen LogP contribution in [0.25, 0.3) is 0 Å². The average Bonchev–Trinajstić information content (AvgIpc) is 2.46. The van der Waals surface area contributed by atoms with Crippen LogP contribution in [0.5, 0.6) is 0 Å². The Morgan fingerprint density at radius 2 is 1.86 bits per heavy atom. The fourth-order valence-electron chi connectivity index (χ4n) is 3.07. The lowest BCUT2D eigenvalue weighted by Crippen LogP contribution is -2.46. The summed E-state index contributed by atoms with van der Waals surface area (Å²) >= 11 is 0. The Balaban J connectivity index is 1.94. The lowest BCUT2D eigenvalue weighted by Gasteiger charge is -2.27. The van der Waals surface area contributed by atoms with E-state index in [1.807, 2.05) is 0 Å². The molecule has 0 saturated carbocycles. The molecule has 116 valence electrons. The van der Waals surface area contributed by atoms with Crippen molar-refractivity contribution in [3.05, 3.63) is 34.4 Å². The number of nitrogens with one attached hydrogen (secondary N) is 1. The van der Waals surface area contributed by atoms with Gasteiger partial charge in [0.15, 0.2) is 0 Å². The number of carbonyl (C=O) groups is 1. The number of hydrogen-bond acceptors (Lipinski definition) is 3. The van der Waals surface area contributed by atoms with E-state index in [2.05, 4.69) is 38.2 Å². The minimum atomic E-state index is -0.431. The molecule has 2 rings (SSSR count). The van der Waals surface area contributed by atoms with Crippen LogP contribution in [0.3, 0.4) is 0 Å². The van der Waals surface area contributed by atoms with Gasteiger partial charge in [0.25, 0.3) is 0 Å². The predicted octanol–water partition coefficient (Wildman–Crippen LogP) is 1.98. The van der Waals surface area contributed by atoms with E-state index in [0.29, 0.717) is 19.8 Å². The molecule has 3 N–H and O–H groups in total. The normalized spacial score (nSPS) is 17.5. The van der Waals surface area contributed by atoms with Gasteiger partial charge < -0.3 is 15.8 Å². The van der Waals surface area contributed by atoms with Crippen molar-refractivity contribution in [2.75, 3.05) is 13.2 Å². The zero-order chi connectivity index (χ0) is 15.4. The first-order chi connectivity index (χ1) is 9.99. The summed E-state index contributed by atoms with van der Waals surface area (Å²) in [7, 11) is 0. The Bertz CT molecular complexity index is 485. The number of nitrogens with two attached hydrogens (primary N) is 1. The second-order valence-corrected chi connectivity index (χ2v) is 6.07. The first-order valence-electron chi connectivity index (χ1n) is 7.67. The molecule has 1 saturated heterocycles. The smallest absolute Gasteiger partial charge is 0.237 e. The van der Waals surface area contributed by atoms with Gasteiger partial charge in [-0.2, -0.15) is 0 Å². The number of amides is 1. The molecule has 1 fully saturated rings. The highest BCUT2D eigenvalue weighted by Gasteiger charge is 2.26. The minimum absolute atomic E-state index is 0.0544. The summed E-state index contributed by atoms with van der Waals surface area (Å²) in [6.07, 6.45) is 1.74. The predicted molar refractivity (Wildman–Crippen MR) is 84.0 cm³/mol. The van der Waals surface area contributed by atoms with Crippen molar-refractivity contribution in [3.8, 4) is 0 Å². The molecule has 1 atom stereocenters. The Morgan fingerprint density at radius 1 is 1.29 bits per heavy atom. The number of carbonyl (C=O) groups excluding carboxylic acids is 1. The lowest BCUT2D eigenvalue weighted by atomic mass is 9.91. The highest BCUT2D eigenvalue weighted by molar-refractivity contribution is 5.81. The van der Waals surface area contributed by atoms with Gasteiger partial charge >= 0.3 is 0 Å². The zero-order valence-corrected chi connectivity index (χ0v) is 13.2. The maximum absolute atomic E-state index is 12.2. The molecule has 0 aromatic heterocycles. The van der Waals surface area contributed by atoms with Crippen LogP contribution < -0.4 is 11.1 Å². The molecule has 0 spiro atoms. The van der Waals surface area contributed by atoms with Crippen molar-refractivity contribution >= 4 is 5.91 Å². The molecule has 1 unspecified atom stereocenters. The van der Waals surface area contributed by atoms with Crippen LogP contribution in [0, 0.1) is 26.7 Å². The topological polar surface area (TPSA) is 64.4 Å². The van der Waals surface area contributed by atoms with E-state index in [4.69, 9.17) is 10.5 Å². The Kier molecular flexibility index (Phi) is 5.37. The van der Waals surface area contributed by atoms with Gasteiger partial charge in [-0.1, -0.05) is 17.7 Å². The molecule has 1 aliphatic heterocycles. The van der Waals surface area contributed by atoms with Crippen LogP contribution >= 0.6 is 0 Å². The summed E-state index contributed by atoms with van der Waals surface area (Å²) in [5.74, 6) is 0.181. The van der Waals surface area contributed by atoms with Crippen molar-refractivity contribution in [1.29, 1.82) is 0 Å². The molecule has 0 bridgehead atoms. The fraction of sp³-hybridized carbons (Fsp3) is 0.588. The Hall–Kier alpha value is -1.39. The number of hydrogen-bond donors (Lipinski definition) is 2. The van der Waals surface area contributed by atoms with E-state index in [1.165, 1.54) is 22.3 Å². The van der Waals surface area contributed by atoms with Gasteiger partial charge in [-0.3, -0.25) is 4.79 Å². The van der Waals surface area contributed by atoms with Gasteiger partial charge in [-0.15, -0.1) is 0 Å². The lowest BCUT2D eigenvalue weighted by molar-refractivity contribution is -0.124. The van der Waals surface area contributed by atoms with Crippen LogP contribution in [0.15, 0.2) is 12.1 Å². The van der Waals surface area contributed by atoms with Crippen molar-refractivity contribution in [1.82, 2.24) is 5.32 Å². The molecule has 1 aromatic rings. The zero-order valence-electron chi connectivity index (χ0n) is 13.2. The summed E-state index contributed by atoms with van der Waals surface area (Å²) in [5.41, 5.74) is 11.0. The van der Waals surface area contributed by atoms with Crippen molar-refractivity contribution in [2.24, 2.45) is 11.7 Å². The molecule has 21 heavy (non-hydrogen) atoms. The number of benzene rings is 1. The summed E-state index contributed by atoms with van der Waals surface area (Å²) < 4.78 is 5.31. The van der Waals surface area contributed by atoms with E-state index in [0.717, 1.165) is 12.8 Å². The summed E-state index contributed by atoms with van der Waals surface area (Å²) in [4.78, 5) is 12.2. The van der Waals surface area contributed by atoms with E-state index in [9.17, 15) is 4.79 Å². The molecule has 1 amide bonds. The third kappa shape index (κ3) is 4.05. The molecule has 4 heteroatoms. The highest BCUT2D eigenvalue weighted by Crippen LogP contribution is 2.19. The first-order valence-corrected chi connectivity index (χ1v) is 7.67. The van der Waals surface area contributed by atoms with Crippen molar-refractivity contribution in [2.45, 2.75) is 46.2 Å². The molecule has 4 nitrogen and oxygen atoms in total. The Labute approximate surface area is 127 Å². The summed E-state index contributed by atoms with van der Waals surface area (Å²) in [6, 6.07) is 3.86. The van der Waals surface area contributed by atoms with Crippen molar-refractivity contribution < 1.29 is 9.53 Å². The number of rotatable bonds is 4. The third-order valence-electron chi connectivity index (χ3n) is 4.36. The van der Waals surface area contributed by atoms with Crippen LogP contribution in [0.1, 0.15) is 35.1 Å². The standard InChI is InChI=1S/C17H26N2O2/c1-11-8-12(2)15(13(3)9-11)10-19-17(20)16(18)14-4-6-21-7-5-14/h8-9,14,16H,4-7,10,18H2,1-3H3,(H,19,20). The maximum atomic E-state index is 12.2. The SMILES string of the molecule is Cc1cc(C)c(CNC(=O)C(N)C2CCOCC2)c(C)c1. The largest absolute Gasteiger partial charge is 0.381 e. The maximum Gasteiger partial charge on any atom is 0.237 e. The molecule has 1 heterocycles. The second kappa shape index (κ2) is 7.05. The van der Waals surface area contributed by atoms with Gasteiger partial charge in [0.05, 0.1) is 6.04 Å². The monoisotopic (exact) mass is 290 g/mol. The van der Waals surface area contributed by atoms with Gasteiger partial charge in [-0.25, -0.2) is 0 Å². The quantitative estimate of drug-likeness (QED) is 0.891. The number of aryl methyl sites for hydroxylation is 3. The van der Waals surface area contributed by atoms with Gasteiger partial charge in [-0.05, 0) is 56.2 Å². The van der Waals surface area contributed by atoms with E-state index in [1.54, 1.807) is 0 Å². The molecule has 1 aromatic carbocycles. The van der Waals surface area contributed by atoms with Crippen LogP contribution in [-0.4, -0.2) is 25.2 Å². The van der Waals surface area contributed by atoms with E-state index in [-0.39, 0.29) is 11.8 Å².